The van der Waals surface area contributed by atoms with Crippen molar-refractivity contribution in [1.82, 2.24) is 4.98 Å². The highest BCUT2D eigenvalue weighted by molar-refractivity contribution is 7.91. The predicted molar refractivity (Wildman–Crippen MR) is 58.0 cm³/mol. The molecule has 3 nitrogen and oxygen atoms in total. The van der Waals surface area contributed by atoms with Gasteiger partial charge in [0.1, 0.15) is 0 Å². The van der Waals surface area contributed by atoms with Gasteiger partial charge in [-0.1, -0.05) is 20.8 Å². The Labute approximate surface area is 85.5 Å². The lowest BCUT2D eigenvalue weighted by Gasteiger charge is -2.17. The Morgan fingerprint density at radius 1 is 1.36 bits per heavy atom. The lowest BCUT2D eigenvalue weighted by atomic mass is 9.92. The van der Waals surface area contributed by atoms with E-state index in [1.807, 2.05) is 6.07 Å². The van der Waals surface area contributed by atoms with Gasteiger partial charge >= 0.3 is 0 Å². The second kappa shape index (κ2) is 3.35. The fourth-order valence-electron chi connectivity index (χ4n) is 1.05. The topological polar surface area (TPSA) is 53.8 Å². The first kappa shape index (κ1) is 11.2. The Bertz CT molecular complexity index is 412. The SMILES string of the molecule is CC(C)(C)c1ccc([S@](C)(=N)=O)cn1. The first-order valence-corrected chi connectivity index (χ1v) is 6.38. The van der Waals surface area contributed by atoms with Gasteiger partial charge in [0.2, 0.25) is 0 Å². The average Bonchev–Trinajstić information content (AvgIpc) is 2.01. The highest BCUT2D eigenvalue weighted by atomic mass is 32.2. The van der Waals surface area contributed by atoms with Crippen molar-refractivity contribution in [2.45, 2.75) is 31.1 Å². The molecular weight excluding hydrogens is 196 g/mol. The monoisotopic (exact) mass is 212 g/mol. The fourth-order valence-corrected chi connectivity index (χ4v) is 1.64. The number of nitrogens with one attached hydrogen (secondary N) is 1. The summed E-state index contributed by atoms with van der Waals surface area (Å²) in [5, 5.41) is 0. The molecule has 0 radical (unpaired) electrons. The van der Waals surface area contributed by atoms with Gasteiger partial charge in [0.05, 0.1) is 14.6 Å². The Balaban J connectivity index is 3.14. The Kier molecular flexibility index (Phi) is 2.67. The summed E-state index contributed by atoms with van der Waals surface area (Å²) in [7, 11) is -2.63. The third kappa shape index (κ3) is 2.54. The summed E-state index contributed by atoms with van der Waals surface area (Å²) in [5.74, 6) is 0. The molecule has 0 aliphatic heterocycles. The van der Waals surface area contributed by atoms with Crippen molar-refractivity contribution in [2.24, 2.45) is 0 Å². The number of pyridine rings is 1. The quantitative estimate of drug-likeness (QED) is 0.777. The van der Waals surface area contributed by atoms with E-state index in [0.29, 0.717) is 4.90 Å². The molecule has 0 amide bonds. The minimum absolute atomic E-state index is 0.00479. The summed E-state index contributed by atoms with van der Waals surface area (Å²) < 4.78 is 18.8. The molecule has 1 atom stereocenters. The molecule has 0 saturated heterocycles. The minimum Gasteiger partial charge on any atom is -0.259 e. The molecule has 78 valence electrons. The zero-order chi connectivity index (χ0) is 11.0. The number of rotatable bonds is 1. The van der Waals surface area contributed by atoms with Gasteiger partial charge in [-0.3, -0.25) is 4.98 Å². The molecule has 1 rings (SSSR count). The van der Waals surface area contributed by atoms with E-state index in [9.17, 15) is 4.21 Å². The number of aromatic nitrogens is 1. The Morgan fingerprint density at radius 3 is 2.21 bits per heavy atom. The molecule has 0 aliphatic rings. The van der Waals surface area contributed by atoms with Crippen LogP contribution in [0.1, 0.15) is 26.5 Å². The van der Waals surface area contributed by atoms with Crippen LogP contribution >= 0.6 is 0 Å². The number of hydrogen-bond donors (Lipinski definition) is 1. The van der Waals surface area contributed by atoms with E-state index < -0.39 is 9.73 Å². The third-order valence-corrected chi connectivity index (χ3v) is 3.10. The van der Waals surface area contributed by atoms with Crippen LogP contribution in [0.5, 0.6) is 0 Å². The van der Waals surface area contributed by atoms with Crippen LogP contribution in [0, 0.1) is 4.78 Å². The predicted octanol–water partition coefficient (Wildman–Crippen LogP) is 2.41. The van der Waals surface area contributed by atoms with Crippen molar-refractivity contribution in [3.63, 3.8) is 0 Å². The maximum absolute atomic E-state index is 11.4. The van der Waals surface area contributed by atoms with Gasteiger partial charge in [0.25, 0.3) is 0 Å². The minimum atomic E-state index is -2.63. The van der Waals surface area contributed by atoms with E-state index >= 15 is 0 Å². The molecule has 1 aromatic rings. The molecule has 0 fully saturated rings. The van der Waals surface area contributed by atoms with Crippen LogP contribution in [0.15, 0.2) is 23.2 Å². The smallest absolute Gasteiger partial charge is 0.0712 e. The molecule has 1 N–H and O–H groups in total. The van der Waals surface area contributed by atoms with Crippen molar-refractivity contribution in [3.8, 4) is 0 Å². The Morgan fingerprint density at radius 2 is 1.93 bits per heavy atom. The van der Waals surface area contributed by atoms with Crippen molar-refractivity contribution < 1.29 is 4.21 Å². The summed E-state index contributed by atoms with van der Waals surface area (Å²) in [6.45, 7) is 6.21. The largest absolute Gasteiger partial charge is 0.259 e. The molecule has 0 unspecified atom stereocenters. The summed E-state index contributed by atoms with van der Waals surface area (Å²) in [5.41, 5.74) is 0.944. The van der Waals surface area contributed by atoms with E-state index in [-0.39, 0.29) is 5.41 Å². The van der Waals surface area contributed by atoms with E-state index in [0.717, 1.165) is 5.69 Å². The molecule has 1 heterocycles. The number of hydrogen-bond acceptors (Lipinski definition) is 3. The molecule has 0 aliphatic carbocycles. The Hall–Kier alpha value is -0.900. The van der Waals surface area contributed by atoms with Gasteiger partial charge in [0.15, 0.2) is 0 Å². The van der Waals surface area contributed by atoms with Gasteiger partial charge in [-0.25, -0.2) is 8.99 Å². The molecule has 14 heavy (non-hydrogen) atoms. The highest BCUT2D eigenvalue weighted by Gasteiger charge is 2.15. The summed E-state index contributed by atoms with van der Waals surface area (Å²) in [6, 6.07) is 3.57. The second-order valence-electron chi connectivity index (χ2n) is 4.47. The maximum atomic E-state index is 11.4. The maximum Gasteiger partial charge on any atom is 0.0712 e. The van der Waals surface area contributed by atoms with Crippen molar-refractivity contribution in [1.29, 1.82) is 4.78 Å². The van der Waals surface area contributed by atoms with E-state index in [1.54, 1.807) is 6.07 Å². The van der Waals surface area contributed by atoms with Crippen LogP contribution in [0.3, 0.4) is 0 Å². The van der Waals surface area contributed by atoms with Gasteiger partial charge in [-0.2, -0.15) is 0 Å². The second-order valence-corrected chi connectivity index (χ2v) is 6.63. The van der Waals surface area contributed by atoms with Gasteiger partial charge in [-0.05, 0) is 12.1 Å². The van der Waals surface area contributed by atoms with Crippen LogP contribution in [0.4, 0.5) is 0 Å². The van der Waals surface area contributed by atoms with Crippen molar-refractivity contribution >= 4 is 9.73 Å². The molecule has 0 spiro atoms. The average molecular weight is 212 g/mol. The summed E-state index contributed by atoms with van der Waals surface area (Å²) >= 11 is 0. The van der Waals surface area contributed by atoms with E-state index in [2.05, 4.69) is 25.8 Å². The van der Waals surface area contributed by atoms with Gasteiger partial charge in [-0.15, -0.1) is 0 Å². The summed E-state index contributed by atoms with van der Waals surface area (Å²) in [6.07, 6.45) is 2.94. The standard InChI is InChI=1S/C10H16N2OS/c1-10(2,3)9-6-5-8(7-12-9)14(4,11)13/h5-7,11H,1-4H3/t14-/m1/s1. The van der Waals surface area contributed by atoms with Crippen LogP contribution in [-0.4, -0.2) is 15.4 Å². The lowest BCUT2D eigenvalue weighted by Crippen LogP contribution is -2.13. The third-order valence-electron chi connectivity index (χ3n) is 1.95. The van der Waals surface area contributed by atoms with E-state index in [4.69, 9.17) is 4.78 Å². The fraction of sp³-hybridized carbons (Fsp3) is 0.500. The van der Waals surface area contributed by atoms with Crippen LogP contribution in [-0.2, 0) is 15.1 Å². The highest BCUT2D eigenvalue weighted by Crippen LogP contribution is 2.20. The first-order chi connectivity index (χ1) is 6.21. The molecule has 0 saturated carbocycles. The number of nitrogens with zero attached hydrogens (tertiary/aromatic N) is 1. The van der Waals surface area contributed by atoms with Crippen molar-refractivity contribution in [3.05, 3.63) is 24.0 Å². The molecule has 0 aromatic carbocycles. The normalized spacial score (nSPS) is 16.3. The van der Waals surface area contributed by atoms with E-state index in [1.165, 1.54) is 12.5 Å². The van der Waals surface area contributed by atoms with Gasteiger partial charge < -0.3 is 0 Å². The first-order valence-electron chi connectivity index (χ1n) is 4.41. The lowest BCUT2D eigenvalue weighted by molar-refractivity contribution is 0.567. The molecule has 0 bridgehead atoms. The van der Waals surface area contributed by atoms with Gasteiger partial charge in [0, 0.05) is 23.6 Å². The zero-order valence-corrected chi connectivity index (χ0v) is 9.81. The van der Waals surface area contributed by atoms with Crippen LogP contribution in [0.2, 0.25) is 0 Å². The van der Waals surface area contributed by atoms with Crippen LogP contribution < -0.4 is 0 Å². The summed E-state index contributed by atoms with van der Waals surface area (Å²) in [4.78, 5) is 4.71. The zero-order valence-electron chi connectivity index (χ0n) is 9.00. The molecule has 1 aromatic heterocycles. The van der Waals surface area contributed by atoms with Crippen LogP contribution in [0.25, 0.3) is 0 Å². The molecular formula is C10H16N2OS. The molecule has 4 heteroatoms. The van der Waals surface area contributed by atoms with Crippen molar-refractivity contribution in [2.75, 3.05) is 6.26 Å².